The van der Waals surface area contributed by atoms with Gasteiger partial charge in [0.15, 0.2) is 0 Å². The highest BCUT2D eigenvalue weighted by Crippen LogP contribution is 2.26. The minimum atomic E-state index is 0.565. The molecule has 1 aliphatic carbocycles. The average molecular weight is 282 g/mol. The van der Waals surface area contributed by atoms with E-state index in [2.05, 4.69) is 48.4 Å². The van der Waals surface area contributed by atoms with Crippen LogP contribution in [0.4, 0.5) is 0 Å². The summed E-state index contributed by atoms with van der Waals surface area (Å²) in [6.07, 6.45) is 6.34. The topological polar surface area (TPSA) is 34.1 Å². The van der Waals surface area contributed by atoms with Gasteiger partial charge in [-0.1, -0.05) is 18.2 Å². The van der Waals surface area contributed by atoms with Crippen molar-refractivity contribution in [2.45, 2.75) is 45.9 Å². The van der Waals surface area contributed by atoms with Gasteiger partial charge in [0.1, 0.15) is 12.4 Å². The average Bonchev–Trinajstić information content (AvgIpc) is 3.28. The van der Waals surface area contributed by atoms with Crippen molar-refractivity contribution in [1.82, 2.24) is 10.3 Å². The number of nitrogens with zero attached hydrogens (tertiary/aromatic N) is 1. The third-order valence-corrected chi connectivity index (χ3v) is 3.77. The van der Waals surface area contributed by atoms with Crippen molar-refractivity contribution < 1.29 is 4.74 Å². The van der Waals surface area contributed by atoms with E-state index in [1.165, 1.54) is 24.0 Å². The standard InChI is InChI=1S/C18H22N2O/c1-13-8-15(10-19-9-13)12-21-18-14(2)4-3-5-16(18)11-20-17-6-7-17/h3-5,8-10,17,20H,6-7,11-12H2,1-2H3. The van der Waals surface area contributed by atoms with Gasteiger partial charge in [0.25, 0.3) is 0 Å². The van der Waals surface area contributed by atoms with Gasteiger partial charge >= 0.3 is 0 Å². The Morgan fingerprint density at radius 3 is 2.86 bits per heavy atom. The molecule has 0 aliphatic heterocycles. The van der Waals surface area contributed by atoms with Crippen LogP contribution in [0.2, 0.25) is 0 Å². The van der Waals surface area contributed by atoms with Crippen molar-refractivity contribution in [3.05, 3.63) is 58.9 Å². The van der Waals surface area contributed by atoms with Gasteiger partial charge in [0, 0.05) is 36.1 Å². The predicted molar refractivity (Wildman–Crippen MR) is 84.3 cm³/mol. The highest BCUT2D eigenvalue weighted by atomic mass is 16.5. The lowest BCUT2D eigenvalue weighted by Gasteiger charge is -2.15. The summed E-state index contributed by atoms with van der Waals surface area (Å²) in [5, 5.41) is 3.56. The van der Waals surface area contributed by atoms with Crippen LogP contribution in [-0.4, -0.2) is 11.0 Å². The van der Waals surface area contributed by atoms with Gasteiger partial charge in [-0.3, -0.25) is 4.98 Å². The maximum atomic E-state index is 6.08. The van der Waals surface area contributed by atoms with Crippen LogP contribution >= 0.6 is 0 Å². The minimum Gasteiger partial charge on any atom is -0.488 e. The van der Waals surface area contributed by atoms with Gasteiger partial charge in [0.05, 0.1) is 0 Å². The Bertz CT molecular complexity index is 620. The molecule has 0 unspecified atom stereocenters. The molecule has 110 valence electrons. The van der Waals surface area contributed by atoms with Crippen LogP contribution in [0.3, 0.4) is 0 Å². The summed E-state index contributed by atoms with van der Waals surface area (Å²) in [6, 6.07) is 9.17. The Kier molecular flexibility index (Phi) is 4.20. The fourth-order valence-electron chi connectivity index (χ4n) is 2.45. The van der Waals surface area contributed by atoms with E-state index in [1.54, 1.807) is 0 Å². The van der Waals surface area contributed by atoms with E-state index >= 15 is 0 Å². The van der Waals surface area contributed by atoms with Crippen molar-refractivity contribution in [3.63, 3.8) is 0 Å². The van der Waals surface area contributed by atoms with Crippen LogP contribution in [0.25, 0.3) is 0 Å². The monoisotopic (exact) mass is 282 g/mol. The number of hydrogen-bond acceptors (Lipinski definition) is 3. The zero-order chi connectivity index (χ0) is 14.7. The molecule has 0 spiro atoms. The number of nitrogens with one attached hydrogen (secondary N) is 1. The third kappa shape index (κ3) is 3.82. The van der Waals surface area contributed by atoms with Gasteiger partial charge in [-0.05, 0) is 43.9 Å². The molecule has 3 heteroatoms. The molecule has 1 N–H and O–H groups in total. The predicted octanol–water partition coefficient (Wildman–Crippen LogP) is 3.53. The van der Waals surface area contributed by atoms with Gasteiger partial charge in [0.2, 0.25) is 0 Å². The van der Waals surface area contributed by atoms with E-state index in [-0.39, 0.29) is 0 Å². The number of pyridine rings is 1. The first kappa shape index (κ1) is 14.1. The van der Waals surface area contributed by atoms with Gasteiger partial charge in [-0.2, -0.15) is 0 Å². The first-order valence-corrected chi connectivity index (χ1v) is 7.57. The lowest BCUT2D eigenvalue weighted by atomic mass is 10.1. The highest BCUT2D eigenvalue weighted by Gasteiger charge is 2.20. The molecular formula is C18H22N2O. The molecule has 0 saturated heterocycles. The molecule has 1 aromatic carbocycles. The highest BCUT2D eigenvalue weighted by molar-refractivity contribution is 5.41. The molecule has 0 radical (unpaired) electrons. The molecule has 1 saturated carbocycles. The van der Waals surface area contributed by atoms with Crippen LogP contribution in [0, 0.1) is 13.8 Å². The summed E-state index contributed by atoms with van der Waals surface area (Å²) >= 11 is 0. The number of para-hydroxylation sites is 1. The first-order chi connectivity index (χ1) is 10.2. The molecule has 1 aliphatic rings. The summed E-state index contributed by atoms with van der Waals surface area (Å²) in [6.45, 7) is 5.60. The molecule has 1 heterocycles. The first-order valence-electron chi connectivity index (χ1n) is 7.57. The zero-order valence-electron chi connectivity index (χ0n) is 12.7. The Morgan fingerprint density at radius 2 is 2.10 bits per heavy atom. The van der Waals surface area contributed by atoms with Crippen molar-refractivity contribution in [2.24, 2.45) is 0 Å². The van der Waals surface area contributed by atoms with Crippen molar-refractivity contribution in [3.8, 4) is 5.75 Å². The van der Waals surface area contributed by atoms with Crippen LogP contribution in [0.1, 0.15) is 35.1 Å². The molecule has 0 atom stereocenters. The zero-order valence-corrected chi connectivity index (χ0v) is 12.7. The molecule has 21 heavy (non-hydrogen) atoms. The summed E-state index contributed by atoms with van der Waals surface area (Å²) in [5.41, 5.74) is 4.70. The lowest BCUT2D eigenvalue weighted by Crippen LogP contribution is -2.16. The Labute approximate surface area is 126 Å². The molecule has 2 aromatic rings. The minimum absolute atomic E-state index is 0.565. The normalized spacial score (nSPS) is 14.2. The Morgan fingerprint density at radius 1 is 1.24 bits per heavy atom. The number of aryl methyl sites for hydroxylation is 2. The van der Waals surface area contributed by atoms with E-state index < -0.39 is 0 Å². The van der Waals surface area contributed by atoms with Crippen LogP contribution in [-0.2, 0) is 13.2 Å². The summed E-state index contributed by atoms with van der Waals surface area (Å²) in [4.78, 5) is 4.22. The summed E-state index contributed by atoms with van der Waals surface area (Å²) in [5.74, 6) is 1.01. The van der Waals surface area contributed by atoms with E-state index in [1.807, 2.05) is 12.4 Å². The fourth-order valence-corrected chi connectivity index (χ4v) is 2.45. The number of rotatable bonds is 6. The Hall–Kier alpha value is -1.87. The van der Waals surface area contributed by atoms with Gasteiger partial charge < -0.3 is 10.1 Å². The molecule has 0 amide bonds. The third-order valence-electron chi connectivity index (χ3n) is 3.77. The second-order valence-corrected chi connectivity index (χ2v) is 5.88. The maximum Gasteiger partial charge on any atom is 0.127 e. The Balaban J connectivity index is 1.70. The van der Waals surface area contributed by atoms with E-state index in [9.17, 15) is 0 Å². The largest absolute Gasteiger partial charge is 0.488 e. The lowest BCUT2D eigenvalue weighted by molar-refractivity contribution is 0.299. The molecule has 3 rings (SSSR count). The van der Waals surface area contributed by atoms with Crippen molar-refractivity contribution >= 4 is 0 Å². The van der Waals surface area contributed by atoms with E-state index in [4.69, 9.17) is 4.74 Å². The smallest absolute Gasteiger partial charge is 0.127 e. The van der Waals surface area contributed by atoms with E-state index in [0.29, 0.717) is 12.6 Å². The van der Waals surface area contributed by atoms with Crippen LogP contribution in [0.5, 0.6) is 5.75 Å². The molecule has 0 bridgehead atoms. The van der Waals surface area contributed by atoms with Crippen LogP contribution < -0.4 is 10.1 Å². The number of hydrogen-bond donors (Lipinski definition) is 1. The molecular weight excluding hydrogens is 260 g/mol. The SMILES string of the molecule is Cc1cncc(COc2c(C)cccc2CNC2CC2)c1. The van der Waals surface area contributed by atoms with E-state index in [0.717, 1.165) is 23.4 Å². The maximum absolute atomic E-state index is 6.08. The molecule has 1 fully saturated rings. The summed E-state index contributed by atoms with van der Waals surface area (Å²) in [7, 11) is 0. The summed E-state index contributed by atoms with van der Waals surface area (Å²) < 4.78 is 6.08. The van der Waals surface area contributed by atoms with Crippen molar-refractivity contribution in [2.75, 3.05) is 0 Å². The molecule has 3 nitrogen and oxygen atoms in total. The number of ether oxygens (including phenoxy) is 1. The quantitative estimate of drug-likeness (QED) is 0.880. The van der Waals surface area contributed by atoms with Crippen LogP contribution in [0.15, 0.2) is 36.7 Å². The van der Waals surface area contributed by atoms with Crippen molar-refractivity contribution in [1.29, 1.82) is 0 Å². The number of aromatic nitrogens is 1. The second-order valence-electron chi connectivity index (χ2n) is 5.88. The molecule has 1 aromatic heterocycles. The number of benzene rings is 1. The second kappa shape index (κ2) is 6.27. The van der Waals surface area contributed by atoms with Gasteiger partial charge in [-0.25, -0.2) is 0 Å². The van der Waals surface area contributed by atoms with Gasteiger partial charge in [-0.15, -0.1) is 0 Å². The fraction of sp³-hybridized carbons (Fsp3) is 0.389.